The molecule has 0 aromatic heterocycles. The maximum atomic E-state index is 13.0. The summed E-state index contributed by atoms with van der Waals surface area (Å²) < 4.78 is 23.1. The topological polar surface area (TPSA) is 114 Å². The lowest BCUT2D eigenvalue weighted by molar-refractivity contribution is -0.145. The van der Waals surface area contributed by atoms with Crippen LogP contribution in [0.2, 0.25) is 0 Å². The second-order valence-corrected chi connectivity index (χ2v) is 8.49. The van der Waals surface area contributed by atoms with Gasteiger partial charge in [0.2, 0.25) is 0 Å². The molecule has 2 aromatic carbocycles. The van der Waals surface area contributed by atoms with E-state index in [1.807, 2.05) is 36.4 Å². The molecule has 3 N–H and O–H groups in total. The second-order valence-electron chi connectivity index (χ2n) is 6.82. The van der Waals surface area contributed by atoms with Crippen molar-refractivity contribution in [3.05, 3.63) is 71.8 Å². The summed E-state index contributed by atoms with van der Waals surface area (Å²) >= 11 is 0. The highest BCUT2D eigenvalue weighted by Gasteiger charge is 2.34. The molecule has 0 amide bonds. The number of hydrogen-bond donors (Lipinski definition) is 3. The minimum absolute atomic E-state index is 0.133. The SMILES string of the molecule is CCOC(=O)[C@H](Cc1ccccc1)NP(=O)(O)N[C@@H](Cc1ccccc1)C(=O)OCC. The molecule has 0 aliphatic carbocycles. The molecule has 2 aromatic rings. The van der Waals surface area contributed by atoms with Gasteiger partial charge >= 0.3 is 19.6 Å². The van der Waals surface area contributed by atoms with E-state index in [0.717, 1.165) is 11.1 Å². The third-order valence-corrected chi connectivity index (χ3v) is 5.69. The van der Waals surface area contributed by atoms with Crippen molar-refractivity contribution in [2.75, 3.05) is 13.2 Å². The van der Waals surface area contributed by atoms with Crippen LogP contribution in [0, 0.1) is 0 Å². The molecule has 0 aliphatic rings. The van der Waals surface area contributed by atoms with E-state index in [1.54, 1.807) is 38.1 Å². The van der Waals surface area contributed by atoms with E-state index in [9.17, 15) is 19.0 Å². The van der Waals surface area contributed by atoms with Crippen molar-refractivity contribution in [2.24, 2.45) is 0 Å². The maximum absolute atomic E-state index is 13.0. The van der Waals surface area contributed by atoms with Crippen LogP contribution in [0.15, 0.2) is 60.7 Å². The zero-order valence-corrected chi connectivity index (χ0v) is 18.6. The lowest BCUT2D eigenvalue weighted by Gasteiger charge is -2.25. The predicted molar refractivity (Wildman–Crippen MR) is 117 cm³/mol. The molecule has 0 unspecified atom stereocenters. The van der Waals surface area contributed by atoms with Crippen molar-refractivity contribution < 1.29 is 28.5 Å². The van der Waals surface area contributed by atoms with Gasteiger partial charge in [0.05, 0.1) is 13.2 Å². The van der Waals surface area contributed by atoms with Gasteiger partial charge in [-0.1, -0.05) is 60.7 Å². The first-order chi connectivity index (χ1) is 14.8. The largest absolute Gasteiger partial charge is 0.465 e. The second kappa shape index (κ2) is 12.4. The van der Waals surface area contributed by atoms with E-state index in [0.29, 0.717) is 0 Å². The molecule has 0 spiro atoms. The van der Waals surface area contributed by atoms with Crippen molar-refractivity contribution >= 4 is 19.6 Å². The van der Waals surface area contributed by atoms with Gasteiger partial charge in [0, 0.05) is 0 Å². The molecule has 0 saturated carbocycles. The monoisotopic (exact) mass is 448 g/mol. The number of esters is 2. The number of ether oxygens (including phenoxy) is 2. The summed E-state index contributed by atoms with van der Waals surface area (Å²) in [6.07, 6.45) is 0.295. The summed E-state index contributed by atoms with van der Waals surface area (Å²) in [6, 6.07) is 16.0. The van der Waals surface area contributed by atoms with Crippen LogP contribution in [0.25, 0.3) is 0 Å². The summed E-state index contributed by atoms with van der Waals surface area (Å²) in [5.41, 5.74) is 1.58. The molecule has 31 heavy (non-hydrogen) atoms. The number of carbonyl (C=O) groups excluding carboxylic acids is 2. The fourth-order valence-electron chi connectivity index (χ4n) is 3.01. The molecule has 0 aliphatic heterocycles. The molecule has 0 bridgehead atoms. The van der Waals surface area contributed by atoms with Crippen LogP contribution in [-0.2, 0) is 36.5 Å². The molecule has 8 nitrogen and oxygen atoms in total. The Hall–Kier alpha value is -2.51. The van der Waals surface area contributed by atoms with Crippen LogP contribution >= 0.6 is 7.67 Å². The van der Waals surface area contributed by atoms with Crippen molar-refractivity contribution in [2.45, 2.75) is 38.8 Å². The number of rotatable bonds is 12. The average molecular weight is 448 g/mol. The summed E-state index contributed by atoms with van der Waals surface area (Å²) in [4.78, 5) is 35.4. The van der Waals surface area contributed by atoms with Gasteiger partial charge in [0.15, 0.2) is 0 Å². The van der Waals surface area contributed by atoms with Gasteiger partial charge in [-0.3, -0.25) is 14.2 Å². The fraction of sp³-hybridized carbons (Fsp3) is 0.364. The van der Waals surface area contributed by atoms with Crippen LogP contribution in [0.4, 0.5) is 0 Å². The highest BCUT2D eigenvalue weighted by atomic mass is 31.2. The third-order valence-electron chi connectivity index (χ3n) is 4.37. The zero-order valence-electron chi connectivity index (χ0n) is 17.7. The minimum Gasteiger partial charge on any atom is -0.465 e. The fourth-order valence-corrected chi connectivity index (χ4v) is 4.32. The number of hydrogen-bond acceptors (Lipinski definition) is 5. The Labute approximate surface area is 182 Å². The summed E-state index contributed by atoms with van der Waals surface area (Å²) in [6.45, 7) is 3.58. The lowest BCUT2D eigenvalue weighted by Crippen LogP contribution is -2.45. The summed E-state index contributed by atoms with van der Waals surface area (Å²) in [5, 5.41) is 4.91. The van der Waals surface area contributed by atoms with Gasteiger partial charge in [-0.05, 0) is 37.8 Å². The molecule has 0 radical (unpaired) electrons. The Kier molecular flexibility index (Phi) is 9.88. The molecular weight excluding hydrogens is 419 g/mol. The van der Waals surface area contributed by atoms with Gasteiger partial charge in [-0.2, -0.15) is 0 Å². The number of nitrogens with one attached hydrogen (secondary N) is 2. The Morgan fingerprint density at radius 1 is 0.806 bits per heavy atom. The molecule has 0 heterocycles. The van der Waals surface area contributed by atoms with Crippen LogP contribution in [-0.4, -0.2) is 42.1 Å². The molecule has 0 saturated heterocycles. The van der Waals surface area contributed by atoms with Gasteiger partial charge in [0.1, 0.15) is 12.1 Å². The van der Waals surface area contributed by atoms with E-state index in [-0.39, 0.29) is 26.1 Å². The Bertz CT molecular complexity index is 809. The van der Waals surface area contributed by atoms with Crippen LogP contribution < -0.4 is 10.2 Å². The first-order valence-corrected chi connectivity index (χ1v) is 11.8. The predicted octanol–water partition coefficient (Wildman–Crippen LogP) is 2.61. The Morgan fingerprint density at radius 2 is 1.16 bits per heavy atom. The third kappa shape index (κ3) is 8.63. The highest BCUT2D eigenvalue weighted by Crippen LogP contribution is 2.33. The van der Waals surface area contributed by atoms with Gasteiger partial charge < -0.3 is 14.4 Å². The Morgan fingerprint density at radius 3 is 1.48 bits per heavy atom. The van der Waals surface area contributed by atoms with Crippen molar-refractivity contribution in [1.29, 1.82) is 0 Å². The van der Waals surface area contributed by atoms with E-state index < -0.39 is 31.7 Å². The molecule has 0 fully saturated rings. The molecule has 9 heteroatoms. The van der Waals surface area contributed by atoms with Gasteiger partial charge in [0.25, 0.3) is 0 Å². The van der Waals surface area contributed by atoms with Crippen LogP contribution in [0.1, 0.15) is 25.0 Å². The quantitative estimate of drug-likeness (QED) is 0.335. The molecule has 2 atom stereocenters. The first-order valence-electron chi connectivity index (χ1n) is 10.1. The molecule has 2 rings (SSSR count). The lowest BCUT2D eigenvalue weighted by atomic mass is 10.1. The van der Waals surface area contributed by atoms with Gasteiger partial charge in [-0.15, -0.1) is 0 Å². The van der Waals surface area contributed by atoms with E-state index in [2.05, 4.69) is 10.2 Å². The molecule has 168 valence electrons. The number of benzene rings is 2. The van der Waals surface area contributed by atoms with E-state index in [4.69, 9.17) is 9.47 Å². The zero-order chi connectivity index (χ0) is 22.7. The molecular formula is C22H29N2O6P. The smallest absolute Gasteiger partial charge is 0.339 e. The van der Waals surface area contributed by atoms with Crippen LogP contribution in [0.3, 0.4) is 0 Å². The maximum Gasteiger partial charge on any atom is 0.339 e. The summed E-state index contributed by atoms with van der Waals surface area (Å²) in [5.74, 6) is -1.31. The highest BCUT2D eigenvalue weighted by molar-refractivity contribution is 7.53. The van der Waals surface area contributed by atoms with E-state index >= 15 is 0 Å². The van der Waals surface area contributed by atoms with Crippen molar-refractivity contribution in [3.63, 3.8) is 0 Å². The van der Waals surface area contributed by atoms with Crippen molar-refractivity contribution in [3.8, 4) is 0 Å². The van der Waals surface area contributed by atoms with Crippen molar-refractivity contribution in [1.82, 2.24) is 10.2 Å². The minimum atomic E-state index is -4.34. The normalized spacial score (nSPS) is 13.3. The van der Waals surface area contributed by atoms with E-state index in [1.165, 1.54) is 0 Å². The number of carbonyl (C=O) groups is 2. The first kappa shape index (κ1) is 24.8. The summed E-state index contributed by atoms with van der Waals surface area (Å²) in [7, 11) is -4.34. The standard InChI is InChI=1S/C22H29N2O6P/c1-3-29-21(25)19(15-17-11-7-5-8-12-17)23-31(27,28)24-20(22(26)30-4-2)16-18-13-9-6-10-14-18/h5-14,19-20H,3-4,15-16H2,1-2H3,(H3,23,24,27,28)/t19-,20-/m0/s1. The average Bonchev–Trinajstić information content (AvgIpc) is 2.74. The van der Waals surface area contributed by atoms with Crippen LogP contribution in [0.5, 0.6) is 0 Å². The van der Waals surface area contributed by atoms with Gasteiger partial charge in [-0.25, -0.2) is 10.2 Å². The Balaban J connectivity index is 2.17.